The van der Waals surface area contributed by atoms with Crippen LogP contribution in [-0.2, 0) is 11.2 Å². The maximum Gasteiger partial charge on any atom is 0.307 e. The van der Waals surface area contributed by atoms with E-state index in [4.69, 9.17) is 14.3 Å². The van der Waals surface area contributed by atoms with Crippen LogP contribution in [0.5, 0.6) is 5.75 Å². The Bertz CT molecular complexity index is 1230. The van der Waals surface area contributed by atoms with Crippen LogP contribution in [0.25, 0.3) is 33.5 Å². The second-order valence-electron chi connectivity index (χ2n) is 6.28. The number of nitrogens with zero attached hydrogens (tertiary/aromatic N) is 1. The van der Waals surface area contributed by atoms with E-state index in [1.54, 1.807) is 43.6 Å². The monoisotopic (exact) mass is 376 g/mol. The Balaban J connectivity index is 1.86. The first kappa shape index (κ1) is 17.5. The average Bonchev–Trinajstić information content (AvgIpc) is 3.21. The van der Waals surface area contributed by atoms with Crippen molar-refractivity contribution in [1.29, 1.82) is 0 Å². The predicted molar refractivity (Wildman–Crippen MR) is 103 cm³/mol. The van der Waals surface area contributed by atoms with Crippen molar-refractivity contribution in [1.82, 2.24) is 9.97 Å². The number of fused-ring (bicyclic) bond motifs is 1. The van der Waals surface area contributed by atoms with E-state index in [2.05, 4.69) is 9.97 Å². The largest absolute Gasteiger partial charge is 0.496 e. The summed E-state index contributed by atoms with van der Waals surface area (Å²) in [6, 6.07) is 12.0. The number of carbonyl (C=O) groups is 1. The number of aliphatic carboxylic acids is 1. The molecule has 140 valence electrons. The number of carboxylic acids is 1. The van der Waals surface area contributed by atoms with E-state index in [1.807, 2.05) is 6.07 Å². The molecule has 0 saturated carbocycles. The summed E-state index contributed by atoms with van der Waals surface area (Å²) < 4.78 is 10.8. The van der Waals surface area contributed by atoms with E-state index in [1.165, 1.54) is 12.5 Å². The number of carboxylic acid groups (broad SMARTS) is 1. The third-order valence-corrected chi connectivity index (χ3v) is 4.44. The van der Waals surface area contributed by atoms with Gasteiger partial charge < -0.3 is 19.2 Å². The van der Waals surface area contributed by atoms with E-state index in [9.17, 15) is 9.59 Å². The molecule has 0 fully saturated rings. The number of aromatic nitrogens is 2. The van der Waals surface area contributed by atoms with Crippen molar-refractivity contribution in [2.24, 2.45) is 0 Å². The van der Waals surface area contributed by atoms with Crippen LogP contribution in [0.3, 0.4) is 0 Å². The molecule has 7 heteroatoms. The molecule has 2 aromatic heterocycles. The maximum absolute atomic E-state index is 12.8. The lowest BCUT2D eigenvalue weighted by atomic mass is 10.0. The number of hydrogen-bond acceptors (Lipinski definition) is 5. The summed E-state index contributed by atoms with van der Waals surface area (Å²) in [4.78, 5) is 30.9. The molecule has 0 aliphatic heterocycles. The fourth-order valence-electron chi connectivity index (χ4n) is 3.17. The Morgan fingerprint density at radius 2 is 2.11 bits per heavy atom. The van der Waals surface area contributed by atoms with Gasteiger partial charge in [0.25, 0.3) is 0 Å². The Morgan fingerprint density at radius 1 is 1.25 bits per heavy atom. The first-order chi connectivity index (χ1) is 13.5. The summed E-state index contributed by atoms with van der Waals surface area (Å²) in [6.45, 7) is 0. The van der Waals surface area contributed by atoms with Crippen molar-refractivity contribution in [3.63, 3.8) is 0 Å². The summed E-state index contributed by atoms with van der Waals surface area (Å²) in [5, 5.41) is 9.48. The lowest BCUT2D eigenvalue weighted by Crippen LogP contribution is -2.04. The van der Waals surface area contributed by atoms with Crippen LogP contribution in [-0.4, -0.2) is 28.2 Å². The van der Waals surface area contributed by atoms with E-state index in [0.29, 0.717) is 39.2 Å². The molecule has 4 aromatic rings. The summed E-state index contributed by atoms with van der Waals surface area (Å²) in [5.41, 5.74) is 3.05. The standard InChI is InChI=1S/C21H16N2O5/c1-27-19-9-17-14(7-15(19)20-10-22-11-28-20)18(24)8-16(23-17)13-4-2-3-12(5-13)6-21(25)26/h2-5,7-11H,6H2,1H3,(H,23,24)(H,25,26). The molecule has 0 aliphatic rings. The van der Waals surface area contributed by atoms with Crippen LogP contribution in [0.1, 0.15) is 5.56 Å². The van der Waals surface area contributed by atoms with Gasteiger partial charge in [-0.3, -0.25) is 9.59 Å². The SMILES string of the molecule is COc1cc2[nH]c(-c3cccc(CC(=O)O)c3)cc(=O)c2cc1-c1cnco1. The first-order valence-electron chi connectivity index (χ1n) is 8.50. The van der Waals surface area contributed by atoms with E-state index < -0.39 is 5.97 Å². The number of H-pyrrole nitrogens is 1. The summed E-state index contributed by atoms with van der Waals surface area (Å²) in [7, 11) is 1.54. The highest BCUT2D eigenvalue weighted by Gasteiger charge is 2.14. The van der Waals surface area contributed by atoms with Gasteiger partial charge in [0.1, 0.15) is 5.75 Å². The fourth-order valence-corrected chi connectivity index (χ4v) is 3.17. The number of nitrogens with one attached hydrogen (secondary N) is 1. The molecular weight excluding hydrogens is 360 g/mol. The summed E-state index contributed by atoms with van der Waals surface area (Å²) >= 11 is 0. The van der Waals surface area contributed by atoms with Gasteiger partial charge in [-0.2, -0.15) is 0 Å². The smallest absolute Gasteiger partial charge is 0.307 e. The van der Waals surface area contributed by atoms with Crippen molar-refractivity contribution in [3.05, 3.63) is 70.8 Å². The maximum atomic E-state index is 12.8. The second-order valence-corrected chi connectivity index (χ2v) is 6.28. The minimum atomic E-state index is -0.908. The number of aromatic amines is 1. The van der Waals surface area contributed by atoms with E-state index in [0.717, 1.165) is 5.56 Å². The zero-order chi connectivity index (χ0) is 19.7. The first-order valence-corrected chi connectivity index (χ1v) is 8.50. The molecule has 28 heavy (non-hydrogen) atoms. The Kier molecular flexibility index (Phi) is 4.41. The summed E-state index contributed by atoms with van der Waals surface area (Å²) in [5.74, 6) is 0.133. The molecule has 0 amide bonds. The molecule has 0 saturated heterocycles. The second kappa shape index (κ2) is 7.03. The van der Waals surface area contributed by atoms with Crippen molar-refractivity contribution < 1.29 is 19.1 Å². The quantitative estimate of drug-likeness (QED) is 0.552. The normalized spacial score (nSPS) is 10.9. The van der Waals surface area contributed by atoms with Gasteiger partial charge in [-0.1, -0.05) is 18.2 Å². The molecule has 2 aromatic carbocycles. The highest BCUT2D eigenvalue weighted by Crippen LogP contribution is 2.33. The molecule has 0 atom stereocenters. The van der Waals surface area contributed by atoms with Gasteiger partial charge in [0.2, 0.25) is 0 Å². The molecule has 2 heterocycles. The van der Waals surface area contributed by atoms with Crippen LogP contribution in [0.2, 0.25) is 0 Å². The Hall–Kier alpha value is -3.87. The predicted octanol–water partition coefficient (Wildman–Crippen LogP) is 3.49. The number of benzene rings is 2. The lowest BCUT2D eigenvalue weighted by Gasteiger charge is -2.10. The number of pyridine rings is 1. The fraction of sp³-hybridized carbons (Fsp3) is 0.0952. The molecule has 0 spiro atoms. The van der Waals surface area contributed by atoms with Gasteiger partial charge in [0, 0.05) is 23.2 Å². The molecule has 4 rings (SSSR count). The van der Waals surface area contributed by atoms with E-state index >= 15 is 0 Å². The van der Waals surface area contributed by atoms with Crippen LogP contribution in [0.4, 0.5) is 0 Å². The number of oxazole rings is 1. The molecular formula is C21H16N2O5. The number of hydrogen-bond donors (Lipinski definition) is 2. The van der Waals surface area contributed by atoms with Crippen molar-refractivity contribution >= 4 is 16.9 Å². The van der Waals surface area contributed by atoms with Crippen LogP contribution in [0, 0.1) is 0 Å². The molecule has 0 bridgehead atoms. The van der Waals surface area contributed by atoms with Crippen molar-refractivity contribution in [2.75, 3.05) is 7.11 Å². The highest BCUT2D eigenvalue weighted by molar-refractivity contribution is 5.88. The molecule has 0 unspecified atom stereocenters. The van der Waals surface area contributed by atoms with E-state index in [-0.39, 0.29) is 11.8 Å². The van der Waals surface area contributed by atoms with Gasteiger partial charge >= 0.3 is 5.97 Å². The van der Waals surface area contributed by atoms with Gasteiger partial charge in [-0.15, -0.1) is 0 Å². The third-order valence-electron chi connectivity index (χ3n) is 4.44. The van der Waals surface area contributed by atoms with Gasteiger partial charge in [0.15, 0.2) is 17.6 Å². The molecule has 2 N–H and O–H groups in total. The zero-order valence-corrected chi connectivity index (χ0v) is 14.9. The van der Waals surface area contributed by atoms with Crippen molar-refractivity contribution in [3.8, 4) is 28.3 Å². The van der Waals surface area contributed by atoms with Gasteiger partial charge in [-0.05, 0) is 23.3 Å². The molecule has 0 radical (unpaired) electrons. The number of ether oxygens (including phenoxy) is 1. The lowest BCUT2D eigenvalue weighted by molar-refractivity contribution is -0.136. The van der Waals surface area contributed by atoms with Crippen LogP contribution < -0.4 is 10.2 Å². The Labute approximate surface area is 159 Å². The minimum absolute atomic E-state index is 0.0833. The van der Waals surface area contributed by atoms with Crippen LogP contribution in [0.15, 0.2) is 64.3 Å². The zero-order valence-electron chi connectivity index (χ0n) is 14.9. The topological polar surface area (TPSA) is 105 Å². The van der Waals surface area contributed by atoms with Crippen molar-refractivity contribution in [2.45, 2.75) is 6.42 Å². The molecule has 7 nitrogen and oxygen atoms in total. The summed E-state index contributed by atoms with van der Waals surface area (Å²) in [6.07, 6.45) is 2.79. The molecule has 0 aliphatic carbocycles. The third kappa shape index (κ3) is 3.25. The number of methoxy groups -OCH3 is 1. The number of rotatable bonds is 5. The Morgan fingerprint density at radius 3 is 2.82 bits per heavy atom. The van der Waals surface area contributed by atoms with Crippen LogP contribution >= 0.6 is 0 Å². The highest BCUT2D eigenvalue weighted by atomic mass is 16.5. The van der Waals surface area contributed by atoms with Gasteiger partial charge in [-0.25, -0.2) is 4.98 Å². The van der Waals surface area contributed by atoms with Gasteiger partial charge in [0.05, 0.1) is 30.8 Å². The minimum Gasteiger partial charge on any atom is -0.496 e. The average molecular weight is 376 g/mol.